The molecule has 3 heterocycles. The van der Waals surface area contributed by atoms with Crippen LogP contribution in [-0.2, 0) is 0 Å². The molecule has 1 saturated heterocycles. The molecule has 1 aliphatic heterocycles. The average Bonchev–Trinajstić information content (AvgIpc) is 2.61. The van der Waals surface area contributed by atoms with Crippen molar-refractivity contribution < 1.29 is 4.79 Å². The lowest BCUT2D eigenvalue weighted by Crippen LogP contribution is -2.49. The molecular weight excluding hydrogens is 302 g/mol. The number of piperazine rings is 1. The molecule has 2 aromatic rings. The number of hydrogen-bond acceptors (Lipinski definition) is 5. The van der Waals surface area contributed by atoms with Crippen LogP contribution in [0.15, 0.2) is 30.6 Å². The molecule has 0 spiro atoms. The summed E-state index contributed by atoms with van der Waals surface area (Å²) in [5.41, 5.74) is 1.68. The second-order valence-electron chi connectivity index (χ2n) is 6.40. The number of amides is 1. The van der Waals surface area contributed by atoms with Gasteiger partial charge in [-0.15, -0.1) is 0 Å². The summed E-state index contributed by atoms with van der Waals surface area (Å²) in [6.07, 6.45) is 3.31. The van der Waals surface area contributed by atoms with E-state index in [2.05, 4.69) is 33.7 Å². The first-order valence-corrected chi connectivity index (χ1v) is 8.34. The van der Waals surface area contributed by atoms with Crippen molar-refractivity contribution in [3.8, 4) is 0 Å². The molecule has 126 valence electrons. The summed E-state index contributed by atoms with van der Waals surface area (Å²) in [7, 11) is 0. The van der Waals surface area contributed by atoms with Gasteiger partial charge in [0.2, 0.25) is 0 Å². The second-order valence-corrected chi connectivity index (χ2v) is 6.40. The van der Waals surface area contributed by atoms with Crippen molar-refractivity contribution in [3.05, 3.63) is 47.7 Å². The van der Waals surface area contributed by atoms with Crippen molar-refractivity contribution in [2.45, 2.75) is 26.7 Å². The van der Waals surface area contributed by atoms with Gasteiger partial charge in [0.05, 0.1) is 0 Å². The Hall–Kier alpha value is -2.50. The zero-order valence-electron chi connectivity index (χ0n) is 14.4. The minimum Gasteiger partial charge on any atom is -0.353 e. The minimum absolute atomic E-state index is 0.0683. The fraction of sp³-hybridized carbons (Fsp3) is 0.444. The molecule has 0 radical (unpaired) electrons. The highest BCUT2D eigenvalue weighted by molar-refractivity contribution is 5.94. The van der Waals surface area contributed by atoms with E-state index in [4.69, 9.17) is 0 Å². The minimum atomic E-state index is 0.0683. The Bertz CT molecular complexity index is 709. The molecule has 24 heavy (non-hydrogen) atoms. The number of rotatable bonds is 3. The van der Waals surface area contributed by atoms with E-state index in [0.717, 1.165) is 30.4 Å². The molecule has 6 nitrogen and oxygen atoms in total. The summed E-state index contributed by atoms with van der Waals surface area (Å²) in [5, 5.41) is 0. The maximum absolute atomic E-state index is 12.5. The molecule has 0 bridgehead atoms. The van der Waals surface area contributed by atoms with E-state index in [1.54, 1.807) is 24.5 Å². The van der Waals surface area contributed by atoms with Crippen LogP contribution in [0, 0.1) is 6.92 Å². The lowest BCUT2D eigenvalue weighted by atomic mass is 10.2. The highest BCUT2D eigenvalue weighted by Gasteiger charge is 2.23. The van der Waals surface area contributed by atoms with Gasteiger partial charge in [-0.25, -0.2) is 9.97 Å². The quantitative estimate of drug-likeness (QED) is 0.866. The van der Waals surface area contributed by atoms with Crippen molar-refractivity contribution in [3.63, 3.8) is 0 Å². The summed E-state index contributed by atoms with van der Waals surface area (Å²) in [6, 6.07) is 5.54. The standard InChI is InChI=1S/C18H23N5O/c1-13(2)17-20-14(3)12-16(21-17)22-8-10-23(11-9-22)18(24)15-4-6-19-7-5-15/h4-7,12-13H,8-11H2,1-3H3. The molecular formula is C18H23N5O. The van der Waals surface area contributed by atoms with Crippen molar-refractivity contribution in [2.75, 3.05) is 31.1 Å². The number of aryl methyl sites for hydroxylation is 1. The summed E-state index contributed by atoms with van der Waals surface area (Å²) in [6.45, 7) is 9.16. The van der Waals surface area contributed by atoms with E-state index in [0.29, 0.717) is 24.6 Å². The van der Waals surface area contributed by atoms with Crippen LogP contribution in [-0.4, -0.2) is 51.9 Å². The van der Waals surface area contributed by atoms with Gasteiger partial charge < -0.3 is 9.80 Å². The molecule has 0 unspecified atom stereocenters. The Labute approximate surface area is 142 Å². The molecule has 1 aliphatic rings. The van der Waals surface area contributed by atoms with Gasteiger partial charge in [-0.3, -0.25) is 9.78 Å². The molecule has 0 aromatic carbocycles. The van der Waals surface area contributed by atoms with E-state index in [1.807, 2.05) is 17.9 Å². The molecule has 0 saturated carbocycles. The largest absolute Gasteiger partial charge is 0.353 e. The topological polar surface area (TPSA) is 62.2 Å². The normalized spacial score (nSPS) is 15.0. The first kappa shape index (κ1) is 16.4. The van der Waals surface area contributed by atoms with Crippen molar-refractivity contribution >= 4 is 11.7 Å². The van der Waals surface area contributed by atoms with Gasteiger partial charge in [-0.2, -0.15) is 0 Å². The summed E-state index contributed by atoms with van der Waals surface area (Å²) >= 11 is 0. The Morgan fingerprint density at radius 2 is 1.75 bits per heavy atom. The van der Waals surface area contributed by atoms with Crippen LogP contribution in [0.1, 0.15) is 41.6 Å². The predicted molar refractivity (Wildman–Crippen MR) is 93.2 cm³/mol. The molecule has 2 aromatic heterocycles. The molecule has 6 heteroatoms. The third kappa shape index (κ3) is 3.53. The first-order valence-electron chi connectivity index (χ1n) is 8.34. The zero-order chi connectivity index (χ0) is 17.1. The van der Waals surface area contributed by atoms with E-state index < -0.39 is 0 Å². The Kier molecular flexibility index (Phi) is 4.74. The fourth-order valence-electron chi connectivity index (χ4n) is 2.81. The smallest absolute Gasteiger partial charge is 0.254 e. The van der Waals surface area contributed by atoms with E-state index >= 15 is 0 Å². The maximum Gasteiger partial charge on any atom is 0.254 e. The summed E-state index contributed by atoms with van der Waals surface area (Å²) in [4.78, 5) is 29.8. The molecule has 1 fully saturated rings. The Morgan fingerprint density at radius 3 is 2.38 bits per heavy atom. The average molecular weight is 325 g/mol. The number of carbonyl (C=O) groups excluding carboxylic acids is 1. The van der Waals surface area contributed by atoms with Gasteiger partial charge in [0.1, 0.15) is 11.6 Å². The molecule has 0 atom stereocenters. The highest BCUT2D eigenvalue weighted by Crippen LogP contribution is 2.19. The molecule has 0 N–H and O–H groups in total. The maximum atomic E-state index is 12.5. The van der Waals surface area contributed by atoms with Crippen LogP contribution in [0.4, 0.5) is 5.82 Å². The Balaban J connectivity index is 1.68. The van der Waals surface area contributed by atoms with Crippen LogP contribution < -0.4 is 4.90 Å². The highest BCUT2D eigenvalue weighted by atomic mass is 16.2. The lowest BCUT2D eigenvalue weighted by Gasteiger charge is -2.35. The predicted octanol–water partition coefficient (Wildman–Crippen LogP) is 2.27. The SMILES string of the molecule is Cc1cc(N2CCN(C(=O)c3ccncc3)CC2)nc(C(C)C)n1. The second kappa shape index (κ2) is 6.95. The monoisotopic (exact) mass is 325 g/mol. The van der Waals surface area contributed by atoms with Crippen molar-refractivity contribution in [1.82, 2.24) is 19.9 Å². The van der Waals surface area contributed by atoms with Gasteiger partial charge in [0.15, 0.2) is 0 Å². The number of carbonyl (C=O) groups is 1. The summed E-state index contributed by atoms with van der Waals surface area (Å²) in [5.74, 6) is 2.21. The molecule has 0 aliphatic carbocycles. The van der Waals surface area contributed by atoms with Gasteiger partial charge in [-0.05, 0) is 19.1 Å². The van der Waals surface area contributed by atoms with Crippen molar-refractivity contribution in [2.24, 2.45) is 0 Å². The first-order chi connectivity index (χ1) is 11.5. The summed E-state index contributed by atoms with van der Waals surface area (Å²) < 4.78 is 0. The van der Waals surface area contributed by atoms with E-state index in [-0.39, 0.29) is 5.91 Å². The van der Waals surface area contributed by atoms with Gasteiger partial charge >= 0.3 is 0 Å². The third-order valence-electron chi connectivity index (χ3n) is 4.19. The van der Waals surface area contributed by atoms with E-state index in [9.17, 15) is 4.79 Å². The van der Waals surface area contributed by atoms with Gasteiger partial charge in [0, 0.05) is 61.8 Å². The number of nitrogens with zero attached hydrogens (tertiary/aromatic N) is 5. The van der Waals surface area contributed by atoms with Gasteiger partial charge in [-0.1, -0.05) is 13.8 Å². The van der Waals surface area contributed by atoms with Crippen LogP contribution in [0.3, 0.4) is 0 Å². The fourth-order valence-corrected chi connectivity index (χ4v) is 2.81. The number of hydrogen-bond donors (Lipinski definition) is 0. The van der Waals surface area contributed by atoms with Crippen LogP contribution in [0.5, 0.6) is 0 Å². The molecule has 3 rings (SSSR count). The van der Waals surface area contributed by atoms with Crippen molar-refractivity contribution in [1.29, 1.82) is 0 Å². The van der Waals surface area contributed by atoms with Gasteiger partial charge in [0.25, 0.3) is 5.91 Å². The number of aromatic nitrogens is 3. The van der Waals surface area contributed by atoms with Crippen LogP contribution in [0.25, 0.3) is 0 Å². The Morgan fingerprint density at radius 1 is 1.08 bits per heavy atom. The van der Waals surface area contributed by atoms with Crippen LogP contribution >= 0.6 is 0 Å². The molecule has 1 amide bonds. The lowest BCUT2D eigenvalue weighted by molar-refractivity contribution is 0.0746. The number of pyridine rings is 1. The van der Waals surface area contributed by atoms with Crippen LogP contribution in [0.2, 0.25) is 0 Å². The third-order valence-corrected chi connectivity index (χ3v) is 4.19. The van der Waals surface area contributed by atoms with E-state index in [1.165, 1.54) is 0 Å². The number of anilines is 1. The zero-order valence-corrected chi connectivity index (χ0v) is 14.4.